The fraction of sp³-hybridized carbons (Fsp3) is 0.947. The van der Waals surface area contributed by atoms with Gasteiger partial charge in [0.25, 0.3) is 0 Å². The summed E-state index contributed by atoms with van der Waals surface area (Å²) < 4.78 is 24.2. The van der Waals surface area contributed by atoms with Crippen LogP contribution in [0.3, 0.4) is 0 Å². The predicted octanol–water partition coefficient (Wildman–Crippen LogP) is 3.27. The van der Waals surface area contributed by atoms with Gasteiger partial charge in [0, 0.05) is 18.9 Å². The molecule has 0 aromatic carbocycles. The Morgan fingerprint density at radius 3 is 2.64 bits per heavy atom. The molecule has 0 radical (unpaired) electrons. The topological polar surface area (TPSA) is 54.0 Å². The van der Waals surface area contributed by atoms with Gasteiger partial charge in [-0.05, 0) is 43.7 Å². The largest absolute Gasteiger partial charge is 0.456 e. The minimum Gasteiger partial charge on any atom is -0.456 e. The van der Waals surface area contributed by atoms with E-state index in [1.807, 2.05) is 0 Å². The third-order valence-electron chi connectivity index (χ3n) is 5.89. The quantitative estimate of drug-likeness (QED) is 0.549. The standard InChI is InChI=1S/C19H34O5Si/c1-18(2,3)17-13-10-15(20)24-19(13,12-22-25(4)5)11-14(17)23-16-8-6-7-9-21-16/h13-14,16-17,25H,6-12H2,1-5H3/t13-,14-,16?,17-,19-/m1/s1. The van der Waals surface area contributed by atoms with Gasteiger partial charge in [-0.1, -0.05) is 20.8 Å². The van der Waals surface area contributed by atoms with Crippen molar-refractivity contribution < 1.29 is 23.4 Å². The summed E-state index contributed by atoms with van der Waals surface area (Å²) in [5.74, 6) is 0.351. The van der Waals surface area contributed by atoms with Crippen LogP contribution in [0.25, 0.3) is 0 Å². The van der Waals surface area contributed by atoms with Gasteiger partial charge in [0.2, 0.25) is 0 Å². The van der Waals surface area contributed by atoms with Gasteiger partial charge in [0.15, 0.2) is 15.3 Å². The molecule has 0 bridgehead atoms. The summed E-state index contributed by atoms with van der Waals surface area (Å²) >= 11 is 0. The first-order chi connectivity index (χ1) is 11.7. The zero-order valence-electron chi connectivity index (χ0n) is 16.4. The minimum absolute atomic E-state index is 0.0367. The van der Waals surface area contributed by atoms with Gasteiger partial charge in [-0.25, -0.2) is 0 Å². The molecule has 3 rings (SSSR count). The number of fused-ring (bicyclic) bond motifs is 1. The number of carbonyl (C=O) groups is 1. The lowest BCUT2D eigenvalue weighted by molar-refractivity contribution is -0.204. The monoisotopic (exact) mass is 370 g/mol. The van der Waals surface area contributed by atoms with Crippen molar-refractivity contribution in [3.05, 3.63) is 0 Å². The van der Waals surface area contributed by atoms with Crippen LogP contribution in [0.2, 0.25) is 13.1 Å². The molecule has 0 spiro atoms. The summed E-state index contributed by atoms with van der Waals surface area (Å²) in [5, 5.41) is 0. The molecular formula is C19H34O5Si. The van der Waals surface area contributed by atoms with Crippen LogP contribution in [-0.2, 0) is 23.4 Å². The molecule has 5 nitrogen and oxygen atoms in total. The number of esters is 1. The number of ether oxygens (including phenoxy) is 3. The highest BCUT2D eigenvalue weighted by molar-refractivity contribution is 6.48. The molecule has 1 aliphatic carbocycles. The zero-order chi connectivity index (χ0) is 18.2. The summed E-state index contributed by atoms with van der Waals surface area (Å²) in [6, 6.07) is 0. The molecule has 3 fully saturated rings. The highest BCUT2D eigenvalue weighted by Gasteiger charge is 2.63. The smallest absolute Gasteiger partial charge is 0.306 e. The maximum absolute atomic E-state index is 12.1. The molecule has 2 saturated heterocycles. The number of hydrogen-bond acceptors (Lipinski definition) is 5. The van der Waals surface area contributed by atoms with Gasteiger partial charge < -0.3 is 18.6 Å². The molecule has 0 aromatic rings. The molecule has 25 heavy (non-hydrogen) atoms. The Balaban J connectivity index is 1.81. The average molecular weight is 371 g/mol. The highest BCUT2D eigenvalue weighted by Crippen LogP contribution is 2.56. The van der Waals surface area contributed by atoms with Crippen molar-refractivity contribution in [1.29, 1.82) is 0 Å². The maximum Gasteiger partial charge on any atom is 0.306 e. The van der Waals surface area contributed by atoms with Crippen LogP contribution in [-0.4, -0.2) is 46.2 Å². The Bertz CT molecular complexity index is 483. The van der Waals surface area contributed by atoms with Gasteiger partial charge in [-0.2, -0.15) is 0 Å². The van der Waals surface area contributed by atoms with E-state index < -0.39 is 14.6 Å². The molecule has 6 heteroatoms. The molecule has 1 saturated carbocycles. The summed E-state index contributed by atoms with van der Waals surface area (Å²) in [6.07, 6.45) is 4.38. The molecule has 5 atom stereocenters. The fourth-order valence-electron chi connectivity index (χ4n) is 4.89. The Morgan fingerprint density at radius 2 is 2.04 bits per heavy atom. The van der Waals surface area contributed by atoms with Crippen molar-refractivity contribution in [3.8, 4) is 0 Å². The first kappa shape index (κ1) is 19.3. The SMILES string of the molecule is C[SiH](C)OC[C@]12C[C@@H](OC3CCCCO3)[C@H](C(C)(C)C)[C@H]1CC(=O)O2. The second-order valence-corrected chi connectivity index (χ2v) is 11.7. The van der Waals surface area contributed by atoms with Gasteiger partial charge in [-0.3, -0.25) is 4.79 Å². The van der Waals surface area contributed by atoms with Gasteiger partial charge in [0.1, 0.15) is 5.60 Å². The molecule has 0 amide bonds. The second-order valence-electron chi connectivity index (χ2n) is 9.28. The number of rotatable bonds is 5. The van der Waals surface area contributed by atoms with Crippen LogP contribution in [0.15, 0.2) is 0 Å². The summed E-state index contributed by atoms with van der Waals surface area (Å²) in [7, 11) is -1.18. The molecule has 144 valence electrons. The molecule has 0 N–H and O–H groups in total. The van der Waals surface area contributed by atoms with Crippen LogP contribution < -0.4 is 0 Å². The molecule has 3 aliphatic rings. The van der Waals surface area contributed by atoms with Crippen LogP contribution in [0.4, 0.5) is 0 Å². The highest BCUT2D eigenvalue weighted by atomic mass is 28.3. The Kier molecular flexibility index (Phi) is 5.64. The summed E-state index contributed by atoms with van der Waals surface area (Å²) in [4.78, 5) is 12.1. The zero-order valence-corrected chi connectivity index (χ0v) is 17.5. The normalized spacial score (nSPS) is 38.9. The van der Waals surface area contributed by atoms with E-state index in [0.29, 0.717) is 13.0 Å². The van der Waals surface area contributed by atoms with E-state index in [1.54, 1.807) is 0 Å². The number of carbonyl (C=O) groups excluding carboxylic acids is 1. The van der Waals surface area contributed by atoms with Crippen LogP contribution in [0.5, 0.6) is 0 Å². The minimum atomic E-state index is -1.18. The van der Waals surface area contributed by atoms with Crippen molar-refractivity contribution in [2.75, 3.05) is 13.2 Å². The Morgan fingerprint density at radius 1 is 1.28 bits per heavy atom. The van der Waals surface area contributed by atoms with E-state index in [2.05, 4.69) is 33.9 Å². The average Bonchev–Trinajstić information content (AvgIpc) is 2.96. The van der Waals surface area contributed by atoms with E-state index in [1.165, 1.54) is 0 Å². The first-order valence-corrected chi connectivity index (χ1v) is 12.6. The van der Waals surface area contributed by atoms with Crippen LogP contribution in [0, 0.1) is 17.3 Å². The van der Waals surface area contributed by atoms with Crippen LogP contribution in [0.1, 0.15) is 52.9 Å². The van der Waals surface area contributed by atoms with E-state index in [0.717, 1.165) is 32.3 Å². The Hall–Kier alpha value is -0.433. The lowest BCUT2D eigenvalue weighted by atomic mass is 9.71. The molecule has 0 aromatic heterocycles. The van der Waals surface area contributed by atoms with E-state index in [9.17, 15) is 4.79 Å². The second kappa shape index (κ2) is 7.29. The predicted molar refractivity (Wildman–Crippen MR) is 97.8 cm³/mol. The van der Waals surface area contributed by atoms with E-state index in [-0.39, 0.29) is 35.6 Å². The first-order valence-electron chi connectivity index (χ1n) is 9.82. The van der Waals surface area contributed by atoms with Crippen molar-refractivity contribution in [1.82, 2.24) is 0 Å². The van der Waals surface area contributed by atoms with Gasteiger partial charge >= 0.3 is 5.97 Å². The lowest BCUT2D eigenvalue weighted by Gasteiger charge is -2.37. The van der Waals surface area contributed by atoms with Gasteiger partial charge in [-0.15, -0.1) is 0 Å². The third kappa shape index (κ3) is 4.12. The lowest BCUT2D eigenvalue weighted by Crippen LogP contribution is -2.41. The Labute approximate surface area is 153 Å². The van der Waals surface area contributed by atoms with Crippen molar-refractivity contribution >= 4 is 15.0 Å². The summed E-state index contributed by atoms with van der Waals surface area (Å²) in [6.45, 7) is 12.3. The molecular weight excluding hydrogens is 336 g/mol. The van der Waals surface area contributed by atoms with Gasteiger partial charge in [0.05, 0.1) is 19.1 Å². The molecule has 2 heterocycles. The third-order valence-corrected chi connectivity index (χ3v) is 6.72. The van der Waals surface area contributed by atoms with Crippen LogP contribution >= 0.6 is 0 Å². The molecule has 1 unspecified atom stereocenters. The van der Waals surface area contributed by atoms with Crippen molar-refractivity contribution in [3.63, 3.8) is 0 Å². The van der Waals surface area contributed by atoms with E-state index in [4.69, 9.17) is 18.6 Å². The molecule has 2 aliphatic heterocycles. The van der Waals surface area contributed by atoms with Crippen molar-refractivity contribution in [2.24, 2.45) is 17.3 Å². The maximum atomic E-state index is 12.1. The number of hydrogen-bond donors (Lipinski definition) is 0. The van der Waals surface area contributed by atoms with E-state index >= 15 is 0 Å². The fourth-order valence-corrected chi connectivity index (χ4v) is 5.51. The summed E-state index contributed by atoms with van der Waals surface area (Å²) in [5.41, 5.74) is -0.472. The van der Waals surface area contributed by atoms with Crippen molar-refractivity contribution in [2.45, 2.75) is 84.0 Å².